The van der Waals surface area contributed by atoms with Gasteiger partial charge in [0.15, 0.2) is 5.16 Å². The van der Waals surface area contributed by atoms with Crippen molar-refractivity contribution in [3.8, 4) is 0 Å². The number of anilines is 2. The number of methoxy groups -OCH3 is 1. The molecule has 0 bridgehead atoms. The van der Waals surface area contributed by atoms with Gasteiger partial charge in [0, 0.05) is 32.0 Å². The Morgan fingerprint density at radius 1 is 1.24 bits per heavy atom. The van der Waals surface area contributed by atoms with Gasteiger partial charge >= 0.3 is 0 Å². The van der Waals surface area contributed by atoms with Crippen LogP contribution >= 0.6 is 11.8 Å². The van der Waals surface area contributed by atoms with Crippen molar-refractivity contribution in [2.45, 2.75) is 30.8 Å². The van der Waals surface area contributed by atoms with Crippen LogP contribution in [0.25, 0.3) is 0 Å². The highest BCUT2D eigenvalue weighted by Gasteiger charge is 2.18. The predicted octanol–water partition coefficient (Wildman–Crippen LogP) is 2.00. The highest BCUT2D eigenvalue weighted by Crippen LogP contribution is 2.22. The molecule has 0 aliphatic rings. The second-order valence-corrected chi connectivity index (χ2v) is 6.62. The average Bonchev–Trinajstić information content (AvgIpc) is 3.01. The van der Waals surface area contributed by atoms with Crippen molar-refractivity contribution >= 4 is 35.0 Å². The Bertz CT molecular complexity index is 717. The minimum atomic E-state index is -0.347. The lowest BCUT2D eigenvalue weighted by molar-refractivity contribution is -0.115. The molecule has 2 rings (SSSR count). The zero-order chi connectivity index (χ0) is 18.2. The van der Waals surface area contributed by atoms with Gasteiger partial charge in [-0.2, -0.15) is 0 Å². The predicted molar refractivity (Wildman–Crippen MR) is 96.6 cm³/mol. The van der Waals surface area contributed by atoms with Crippen LogP contribution in [0.5, 0.6) is 0 Å². The van der Waals surface area contributed by atoms with Crippen molar-refractivity contribution in [2.75, 3.05) is 24.4 Å². The van der Waals surface area contributed by atoms with Crippen molar-refractivity contribution in [1.82, 2.24) is 14.8 Å². The van der Waals surface area contributed by atoms with Crippen LogP contribution < -0.4 is 10.6 Å². The van der Waals surface area contributed by atoms with Crippen LogP contribution in [0, 0.1) is 0 Å². The molecule has 0 unspecified atom stereocenters. The number of carbonyl (C=O) groups excluding carboxylic acids is 2. The van der Waals surface area contributed by atoms with E-state index in [1.165, 1.54) is 18.7 Å². The molecule has 0 saturated heterocycles. The molecular weight excluding hydrogens is 342 g/mol. The number of amides is 2. The lowest BCUT2D eigenvalue weighted by Crippen LogP contribution is -2.23. The number of benzene rings is 1. The second-order valence-electron chi connectivity index (χ2n) is 5.31. The number of aromatic nitrogens is 3. The highest BCUT2D eigenvalue weighted by atomic mass is 32.2. The van der Waals surface area contributed by atoms with E-state index in [1.54, 1.807) is 44.6 Å². The molecule has 1 aromatic heterocycles. The quantitative estimate of drug-likeness (QED) is 0.696. The third kappa shape index (κ3) is 5.87. The van der Waals surface area contributed by atoms with Crippen LogP contribution in [0.2, 0.25) is 0 Å². The first kappa shape index (κ1) is 18.9. The summed E-state index contributed by atoms with van der Waals surface area (Å²) in [6, 6.07) is 6.94. The van der Waals surface area contributed by atoms with E-state index in [1.807, 2.05) is 4.57 Å². The molecular formula is C16H21N5O3S. The van der Waals surface area contributed by atoms with Crippen molar-refractivity contribution < 1.29 is 14.3 Å². The fourth-order valence-corrected chi connectivity index (χ4v) is 2.82. The molecule has 0 radical (unpaired) electrons. The Morgan fingerprint density at radius 3 is 2.48 bits per heavy atom. The molecule has 0 fully saturated rings. The number of nitrogens with zero attached hydrogens (tertiary/aromatic N) is 3. The van der Waals surface area contributed by atoms with E-state index in [-0.39, 0.29) is 17.1 Å². The van der Waals surface area contributed by atoms with E-state index in [4.69, 9.17) is 4.74 Å². The molecule has 8 nitrogen and oxygen atoms in total. The van der Waals surface area contributed by atoms with Crippen LogP contribution in [0.15, 0.2) is 35.7 Å². The Morgan fingerprint density at radius 2 is 1.88 bits per heavy atom. The number of hydrogen-bond donors (Lipinski definition) is 2. The van der Waals surface area contributed by atoms with Crippen LogP contribution in [-0.2, 0) is 20.9 Å². The highest BCUT2D eigenvalue weighted by molar-refractivity contribution is 8.00. The topological polar surface area (TPSA) is 98.1 Å². The summed E-state index contributed by atoms with van der Waals surface area (Å²) < 4.78 is 6.89. The largest absolute Gasteiger partial charge is 0.383 e. The van der Waals surface area contributed by atoms with Crippen molar-refractivity contribution in [2.24, 2.45) is 0 Å². The molecule has 134 valence electrons. The summed E-state index contributed by atoms with van der Waals surface area (Å²) >= 11 is 1.33. The van der Waals surface area contributed by atoms with E-state index in [9.17, 15) is 9.59 Å². The van der Waals surface area contributed by atoms with Crippen LogP contribution in [0.1, 0.15) is 13.8 Å². The summed E-state index contributed by atoms with van der Waals surface area (Å²) in [7, 11) is 1.63. The van der Waals surface area contributed by atoms with Gasteiger partial charge in [-0.25, -0.2) is 0 Å². The van der Waals surface area contributed by atoms with Gasteiger partial charge in [-0.3, -0.25) is 9.59 Å². The minimum Gasteiger partial charge on any atom is -0.383 e. The molecule has 0 aliphatic carbocycles. The number of carbonyl (C=O) groups is 2. The third-order valence-electron chi connectivity index (χ3n) is 3.24. The maximum Gasteiger partial charge on any atom is 0.237 e. The van der Waals surface area contributed by atoms with Crippen LogP contribution in [0.3, 0.4) is 0 Å². The van der Waals surface area contributed by atoms with Gasteiger partial charge in [0.1, 0.15) is 6.33 Å². The fraction of sp³-hybridized carbons (Fsp3) is 0.375. The smallest absolute Gasteiger partial charge is 0.237 e. The SMILES string of the molecule is COCCn1cnnc1S[C@@H](C)C(=O)Nc1ccc(NC(C)=O)cc1. The van der Waals surface area contributed by atoms with Crippen LogP contribution in [0.4, 0.5) is 11.4 Å². The first-order chi connectivity index (χ1) is 12.0. The fourth-order valence-electron chi connectivity index (χ4n) is 1.97. The summed E-state index contributed by atoms with van der Waals surface area (Å²) in [6.07, 6.45) is 1.62. The maximum absolute atomic E-state index is 12.3. The number of thioether (sulfide) groups is 1. The Hall–Kier alpha value is -2.39. The lowest BCUT2D eigenvalue weighted by Gasteiger charge is -2.12. The molecule has 0 saturated carbocycles. The van der Waals surface area contributed by atoms with Gasteiger partial charge in [-0.05, 0) is 31.2 Å². The van der Waals surface area contributed by atoms with Gasteiger partial charge in [-0.15, -0.1) is 10.2 Å². The van der Waals surface area contributed by atoms with E-state index >= 15 is 0 Å². The zero-order valence-electron chi connectivity index (χ0n) is 14.4. The number of hydrogen-bond acceptors (Lipinski definition) is 6. The first-order valence-corrected chi connectivity index (χ1v) is 8.59. The summed E-state index contributed by atoms with van der Waals surface area (Å²) in [5, 5.41) is 13.8. The molecule has 1 heterocycles. The lowest BCUT2D eigenvalue weighted by atomic mass is 10.2. The van der Waals surface area contributed by atoms with E-state index < -0.39 is 0 Å². The molecule has 9 heteroatoms. The Kier molecular flexibility index (Phi) is 6.96. The van der Waals surface area contributed by atoms with Crippen LogP contribution in [-0.4, -0.2) is 45.5 Å². The van der Waals surface area contributed by atoms with E-state index in [0.717, 1.165) is 0 Å². The Balaban J connectivity index is 1.92. The van der Waals surface area contributed by atoms with Gasteiger partial charge in [0.25, 0.3) is 0 Å². The van der Waals surface area contributed by atoms with Gasteiger partial charge in [-0.1, -0.05) is 11.8 Å². The monoisotopic (exact) mass is 363 g/mol. The molecule has 1 atom stereocenters. The average molecular weight is 363 g/mol. The Labute approximate surface area is 150 Å². The summed E-state index contributed by atoms with van der Waals surface area (Å²) in [4.78, 5) is 23.3. The summed E-state index contributed by atoms with van der Waals surface area (Å²) in [6.45, 7) is 4.43. The zero-order valence-corrected chi connectivity index (χ0v) is 15.2. The van der Waals surface area contributed by atoms with Gasteiger partial charge < -0.3 is 19.9 Å². The molecule has 0 aliphatic heterocycles. The molecule has 1 aromatic carbocycles. The standard InChI is InChI=1S/C16H21N5O3S/c1-11(25-16-20-17-10-21(16)8-9-24-3)15(23)19-14-6-4-13(5-7-14)18-12(2)22/h4-7,10-11H,8-9H2,1-3H3,(H,18,22)(H,19,23)/t11-/m0/s1. The van der Waals surface area contributed by atoms with E-state index in [2.05, 4.69) is 20.8 Å². The molecule has 0 spiro atoms. The second kappa shape index (κ2) is 9.19. The number of ether oxygens (including phenoxy) is 1. The first-order valence-electron chi connectivity index (χ1n) is 7.71. The maximum atomic E-state index is 12.3. The van der Waals surface area contributed by atoms with Crippen molar-refractivity contribution in [1.29, 1.82) is 0 Å². The molecule has 2 N–H and O–H groups in total. The summed E-state index contributed by atoms with van der Waals surface area (Å²) in [5.41, 5.74) is 1.34. The molecule has 2 amide bonds. The van der Waals surface area contributed by atoms with E-state index in [0.29, 0.717) is 29.7 Å². The summed E-state index contributed by atoms with van der Waals surface area (Å²) in [5.74, 6) is -0.280. The van der Waals surface area contributed by atoms with Gasteiger partial charge in [0.2, 0.25) is 11.8 Å². The minimum absolute atomic E-state index is 0.139. The molecule has 2 aromatic rings. The number of rotatable bonds is 8. The molecule has 25 heavy (non-hydrogen) atoms. The van der Waals surface area contributed by atoms with Gasteiger partial charge in [0.05, 0.1) is 11.9 Å². The normalized spacial score (nSPS) is 11.8. The van der Waals surface area contributed by atoms with Crippen molar-refractivity contribution in [3.63, 3.8) is 0 Å². The third-order valence-corrected chi connectivity index (χ3v) is 4.34. The number of nitrogens with one attached hydrogen (secondary N) is 2. The van der Waals surface area contributed by atoms with Crippen molar-refractivity contribution in [3.05, 3.63) is 30.6 Å².